The summed E-state index contributed by atoms with van der Waals surface area (Å²) in [6, 6.07) is 18.9. The van der Waals surface area contributed by atoms with Crippen molar-refractivity contribution < 1.29 is 14.0 Å². The third-order valence-corrected chi connectivity index (χ3v) is 7.79. The van der Waals surface area contributed by atoms with E-state index in [-0.39, 0.29) is 29.1 Å². The number of anilines is 2. The zero-order valence-electron chi connectivity index (χ0n) is 24.5. The molecule has 4 aromatic rings. The number of hydrogen-bond acceptors (Lipinski definition) is 5. The molecule has 0 saturated carbocycles. The molecule has 2 aromatic carbocycles. The van der Waals surface area contributed by atoms with Gasteiger partial charge in [-0.25, -0.2) is 9.48 Å². The number of Topliss-reactive ketones (excluding diaryl/α,β-unsaturated/α-hetero) is 1. The molecule has 1 aliphatic heterocycles. The van der Waals surface area contributed by atoms with Crippen molar-refractivity contribution >= 4 is 23.3 Å². The minimum absolute atomic E-state index is 0.0839. The number of carbonyl (C=O) groups excluding carboxylic acids is 2. The zero-order valence-corrected chi connectivity index (χ0v) is 24.5. The number of amides is 2. The van der Waals surface area contributed by atoms with Crippen molar-refractivity contribution in [3.05, 3.63) is 95.1 Å². The summed E-state index contributed by atoms with van der Waals surface area (Å²) in [6.07, 6.45) is 3.44. The van der Waals surface area contributed by atoms with Crippen LogP contribution in [0.5, 0.6) is 0 Å². The second kappa shape index (κ2) is 11.7. The van der Waals surface area contributed by atoms with Crippen LogP contribution in [0.4, 0.5) is 16.3 Å². The van der Waals surface area contributed by atoms with E-state index in [1.54, 1.807) is 17.0 Å². The van der Waals surface area contributed by atoms with E-state index in [9.17, 15) is 9.59 Å². The lowest BCUT2D eigenvalue weighted by molar-refractivity contribution is 0.0914. The molecule has 214 valence electrons. The molecule has 0 aliphatic carbocycles. The van der Waals surface area contributed by atoms with Gasteiger partial charge in [-0.1, -0.05) is 50.6 Å². The van der Waals surface area contributed by atoms with Gasteiger partial charge in [0.25, 0.3) is 0 Å². The molecule has 8 nitrogen and oxygen atoms in total. The first-order chi connectivity index (χ1) is 19.6. The van der Waals surface area contributed by atoms with Crippen LogP contribution in [-0.2, 0) is 5.41 Å². The fourth-order valence-corrected chi connectivity index (χ4v) is 5.40. The van der Waals surface area contributed by atoms with Crippen molar-refractivity contribution in [2.75, 3.05) is 23.7 Å². The molecule has 3 heterocycles. The van der Waals surface area contributed by atoms with Crippen LogP contribution in [0.15, 0.2) is 71.3 Å². The molecule has 1 aliphatic rings. The molecule has 1 unspecified atom stereocenters. The minimum atomic E-state index is -0.369. The number of piperidine rings is 1. The monoisotopic (exact) mass is 553 g/mol. The van der Waals surface area contributed by atoms with E-state index in [2.05, 4.69) is 36.7 Å². The standard InChI is InChI=1S/C33H39N5O3/c1-21-6-12-26(13-7-21)38-29(20-28(37-38)33(3,4)5)36-32(40)35-25-10-8-23(9-11-25)30(24-14-17-34-18-15-24)31(39)27-16-19-41-22(27)2/h6-13,16,19-20,24,30,34H,14-15,17-18H2,1-5H3,(H2,35,36,40). The van der Waals surface area contributed by atoms with Crippen molar-refractivity contribution in [2.24, 2.45) is 5.92 Å². The maximum atomic E-state index is 13.7. The van der Waals surface area contributed by atoms with Gasteiger partial charge in [-0.05, 0) is 81.6 Å². The highest BCUT2D eigenvalue weighted by Gasteiger charge is 2.33. The van der Waals surface area contributed by atoms with Crippen LogP contribution in [0.25, 0.3) is 5.69 Å². The number of hydrogen-bond donors (Lipinski definition) is 3. The zero-order chi connectivity index (χ0) is 29.1. The van der Waals surface area contributed by atoms with Gasteiger partial charge in [0.1, 0.15) is 11.6 Å². The van der Waals surface area contributed by atoms with Crippen LogP contribution < -0.4 is 16.0 Å². The van der Waals surface area contributed by atoms with E-state index >= 15 is 0 Å². The first kappa shape index (κ1) is 28.4. The number of aryl methyl sites for hydroxylation is 2. The predicted molar refractivity (Wildman–Crippen MR) is 162 cm³/mol. The van der Waals surface area contributed by atoms with E-state index < -0.39 is 0 Å². The van der Waals surface area contributed by atoms with Crippen LogP contribution in [-0.4, -0.2) is 34.7 Å². The third-order valence-electron chi connectivity index (χ3n) is 7.79. The summed E-state index contributed by atoms with van der Waals surface area (Å²) in [4.78, 5) is 26.8. The Bertz CT molecular complexity index is 1500. The number of aromatic nitrogens is 2. The average Bonchev–Trinajstić information content (AvgIpc) is 3.57. The molecular formula is C33H39N5O3. The molecule has 1 fully saturated rings. The lowest BCUT2D eigenvalue weighted by Crippen LogP contribution is -2.33. The summed E-state index contributed by atoms with van der Waals surface area (Å²) in [7, 11) is 0. The van der Waals surface area contributed by atoms with Gasteiger partial charge in [0.05, 0.1) is 29.1 Å². The second-order valence-corrected chi connectivity index (χ2v) is 11.9. The van der Waals surface area contributed by atoms with E-state index in [4.69, 9.17) is 9.52 Å². The van der Waals surface area contributed by atoms with Crippen LogP contribution in [0, 0.1) is 19.8 Å². The van der Waals surface area contributed by atoms with Crippen LogP contribution in [0.1, 0.15) is 72.5 Å². The molecule has 2 amide bonds. The van der Waals surface area contributed by atoms with Gasteiger partial charge in [0.2, 0.25) is 0 Å². The SMILES string of the molecule is Cc1ccc(-n2nc(C(C)(C)C)cc2NC(=O)Nc2ccc(C(C(=O)c3ccoc3C)C3CCNCC3)cc2)cc1. The van der Waals surface area contributed by atoms with Gasteiger partial charge in [0.15, 0.2) is 5.78 Å². The van der Waals surface area contributed by atoms with Crippen LogP contribution in [0.3, 0.4) is 0 Å². The fraction of sp³-hybridized carbons (Fsp3) is 0.364. The van der Waals surface area contributed by atoms with Crippen molar-refractivity contribution in [1.29, 1.82) is 0 Å². The maximum Gasteiger partial charge on any atom is 0.324 e. The Balaban J connectivity index is 1.35. The molecule has 0 bridgehead atoms. The highest BCUT2D eigenvalue weighted by Crippen LogP contribution is 2.35. The van der Waals surface area contributed by atoms with Crippen LogP contribution >= 0.6 is 0 Å². The normalized spacial score (nSPS) is 15.0. The fourth-order valence-electron chi connectivity index (χ4n) is 5.40. The molecule has 1 atom stereocenters. The summed E-state index contributed by atoms with van der Waals surface area (Å²) in [5.74, 6) is 1.28. The van der Waals surface area contributed by atoms with Crippen molar-refractivity contribution in [1.82, 2.24) is 15.1 Å². The summed E-state index contributed by atoms with van der Waals surface area (Å²) < 4.78 is 7.20. The molecule has 5 rings (SSSR count). The Labute approximate surface area is 241 Å². The number of rotatable bonds is 7. The van der Waals surface area contributed by atoms with E-state index in [1.165, 1.54) is 0 Å². The van der Waals surface area contributed by atoms with E-state index in [1.807, 2.05) is 68.4 Å². The molecule has 3 N–H and O–H groups in total. The lowest BCUT2D eigenvalue weighted by Gasteiger charge is -2.30. The number of benzene rings is 2. The van der Waals surface area contributed by atoms with Crippen molar-refractivity contribution in [2.45, 2.75) is 58.8 Å². The molecule has 0 radical (unpaired) electrons. The highest BCUT2D eigenvalue weighted by atomic mass is 16.3. The van der Waals surface area contributed by atoms with Crippen LogP contribution in [0.2, 0.25) is 0 Å². The average molecular weight is 554 g/mol. The van der Waals surface area contributed by atoms with Crippen molar-refractivity contribution in [3.8, 4) is 5.69 Å². The Morgan fingerprint density at radius 3 is 2.27 bits per heavy atom. The first-order valence-electron chi connectivity index (χ1n) is 14.2. The largest absolute Gasteiger partial charge is 0.469 e. The number of nitrogens with one attached hydrogen (secondary N) is 3. The topological polar surface area (TPSA) is 101 Å². The van der Waals surface area contributed by atoms with Crippen molar-refractivity contribution in [3.63, 3.8) is 0 Å². The number of furan rings is 1. The number of ketones is 1. The quantitative estimate of drug-likeness (QED) is 0.214. The Morgan fingerprint density at radius 2 is 1.66 bits per heavy atom. The molecular weight excluding hydrogens is 514 g/mol. The summed E-state index contributed by atoms with van der Waals surface area (Å²) >= 11 is 0. The number of nitrogens with zero attached hydrogens (tertiary/aromatic N) is 2. The van der Waals surface area contributed by atoms with Gasteiger partial charge in [-0.3, -0.25) is 10.1 Å². The minimum Gasteiger partial charge on any atom is -0.469 e. The van der Waals surface area contributed by atoms with Gasteiger partial charge in [0, 0.05) is 17.2 Å². The number of carbonyl (C=O) groups is 2. The third kappa shape index (κ3) is 6.43. The highest BCUT2D eigenvalue weighted by molar-refractivity contribution is 6.02. The van der Waals surface area contributed by atoms with Gasteiger partial charge >= 0.3 is 6.03 Å². The predicted octanol–water partition coefficient (Wildman–Crippen LogP) is 6.99. The van der Waals surface area contributed by atoms with Gasteiger partial charge in [-0.2, -0.15) is 5.10 Å². The summed E-state index contributed by atoms with van der Waals surface area (Å²) in [5.41, 5.74) is 4.93. The Morgan fingerprint density at radius 1 is 0.976 bits per heavy atom. The maximum absolute atomic E-state index is 13.7. The number of urea groups is 1. The smallest absolute Gasteiger partial charge is 0.324 e. The van der Waals surface area contributed by atoms with Gasteiger partial charge in [-0.15, -0.1) is 0 Å². The lowest BCUT2D eigenvalue weighted by atomic mass is 9.76. The Kier molecular flexibility index (Phi) is 8.13. The van der Waals surface area contributed by atoms with E-state index in [0.717, 1.165) is 48.4 Å². The van der Waals surface area contributed by atoms with E-state index in [0.29, 0.717) is 22.8 Å². The molecule has 41 heavy (non-hydrogen) atoms. The molecule has 0 spiro atoms. The first-order valence-corrected chi connectivity index (χ1v) is 14.2. The molecule has 8 heteroatoms. The molecule has 2 aromatic heterocycles. The molecule has 1 saturated heterocycles. The second-order valence-electron chi connectivity index (χ2n) is 11.9. The summed E-state index contributed by atoms with van der Waals surface area (Å²) in [6.45, 7) is 11.9. The summed E-state index contributed by atoms with van der Waals surface area (Å²) in [5, 5.41) is 14.1. The Hall–Kier alpha value is -4.17. The van der Waals surface area contributed by atoms with Gasteiger partial charge < -0.3 is 15.1 Å².